The molecule has 2 saturated heterocycles. The van der Waals surface area contributed by atoms with Crippen molar-refractivity contribution in [1.29, 1.82) is 0 Å². The summed E-state index contributed by atoms with van der Waals surface area (Å²) in [5.74, 6) is 3.22. The fourth-order valence-corrected chi connectivity index (χ4v) is 6.09. The molecule has 3 aliphatic heterocycles. The van der Waals surface area contributed by atoms with E-state index in [-0.39, 0.29) is 5.72 Å². The van der Waals surface area contributed by atoms with Gasteiger partial charge in [0.15, 0.2) is 0 Å². The summed E-state index contributed by atoms with van der Waals surface area (Å²) in [6, 6.07) is 8.81. The number of ether oxygens (including phenoxy) is 1. The van der Waals surface area contributed by atoms with Crippen LogP contribution in [0.4, 0.5) is 5.69 Å². The Hall–Kier alpha value is -1.94. The first-order valence-corrected chi connectivity index (χ1v) is 9.58. The fraction of sp³-hybridized carbons (Fsp3) is 0.524. The summed E-state index contributed by atoms with van der Waals surface area (Å²) in [7, 11) is 2.26. The third kappa shape index (κ3) is 1.86. The normalized spacial score (nSPS) is 38.8. The highest BCUT2D eigenvalue weighted by atomic mass is 16.5. The number of aromatic nitrogens is 1. The lowest BCUT2D eigenvalue weighted by molar-refractivity contribution is -0.0623. The molecule has 1 spiro atoms. The predicted molar refractivity (Wildman–Crippen MR) is 98.4 cm³/mol. The third-order valence-corrected chi connectivity index (χ3v) is 7.17. The number of nitrogens with zero attached hydrogens (tertiary/aromatic N) is 3. The second kappa shape index (κ2) is 4.82. The summed E-state index contributed by atoms with van der Waals surface area (Å²) < 4.78 is 6.79. The van der Waals surface area contributed by atoms with Crippen LogP contribution in [0.25, 0.3) is 10.9 Å². The monoisotopic (exact) mass is 333 g/mol. The molecule has 4 bridgehead atoms. The van der Waals surface area contributed by atoms with Crippen LogP contribution in [0.3, 0.4) is 0 Å². The molecule has 4 heterocycles. The standard InChI is InChI=1S/C21H23N3O/c1-24-16-10-13-7-14(11-16)9-15(8-13)21(24)12-23-20-17-3-2-6-22-18(17)4-5-19(20)25-21/h2-6,12-16H,7-11H2,1H3. The molecule has 3 atom stereocenters. The highest BCUT2D eigenvalue weighted by Crippen LogP contribution is 2.54. The van der Waals surface area contributed by atoms with Gasteiger partial charge in [-0.1, -0.05) is 0 Å². The van der Waals surface area contributed by atoms with Gasteiger partial charge in [-0.05, 0) is 75.3 Å². The molecule has 2 aromatic rings. The average Bonchev–Trinajstić information content (AvgIpc) is 2.76. The minimum atomic E-state index is -0.364. The predicted octanol–water partition coefficient (Wildman–Crippen LogP) is 4.17. The van der Waals surface area contributed by atoms with Crippen molar-refractivity contribution in [3.05, 3.63) is 30.5 Å². The van der Waals surface area contributed by atoms with E-state index in [1.807, 2.05) is 12.3 Å². The summed E-state index contributed by atoms with van der Waals surface area (Å²) in [6.07, 6.45) is 10.6. The van der Waals surface area contributed by atoms with Crippen molar-refractivity contribution in [2.24, 2.45) is 22.7 Å². The van der Waals surface area contributed by atoms with Crippen molar-refractivity contribution in [1.82, 2.24) is 9.88 Å². The van der Waals surface area contributed by atoms with Gasteiger partial charge in [0, 0.05) is 23.5 Å². The van der Waals surface area contributed by atoms with Crippen LogP contribution in [0.5, 0.6) is 5.75 Å². The van der Waals surface area contributed by atoms with E-state index in [4.69, 9.17) is 9.73 Å². The molecule has 2 saturated carbocycles. The second-order valence-electron chi connectivity index (χ2n) is 8.47. The van der Waals surface area contributed by atoms with Crippen LogP contribution in [0.2, 0.25) is 0 Å². The lowest BCUT2D eigenvalue weighted by Gasteiger charge is -2.45. The van der Waals surface area contributed by atoms with E-state index in [1.165, 1.54) is 32.1 Å². The molecule has 5 aliphatic rings. The van der Waals surface area contributed by atoms with Crippen LogP contribution in [0.15, 0.2) is 35.5 Å². The lowest BCUT2D eigenvalue weighted by Crippen LogP contribution is -2.59. The van der Waals surface area contributed by atoms with Crippen molar-refractivity contribution in [2.45, 2.75) is 43.9 Å². The van der Waals surface area contributed by atoms with Gasteiger partial charge < -0.3 is 4.74 Å². The van der Waals surface area contributed by atoms with Crippen LogP contribution in [0, 0.1) is 17.8 Å². The summed E-state index contributed by atoms with van der Waals surface area (Å²) in [6.45, 7) is 0. The van der Waals surface area contributed by atoms with Crippen LogP contribution >= 0.6 is 0 Å². The van der Waals surface area contributed by atoms with E-state index in [0.29, 0.717) is 12.0 Å². The van der Waals surface area contributed by atoms with E-state index >= 15 is 0 Å². The molecule has 1 aromatic heterocycles. The van der Waals surface area contributed by atoms with E-state index in [2.05, 4.69) is 41.3 Å². The van der Waals surface area contributed by atoms with Gasteiger partial charge >= 0.3 is 0 Å². The number of pyridine rings is 1. The summed E-state index contributed by atoms with van der Waals surface area (Å²) in [4.78, 5) is 11.9. The fourth-order valence-electron chi connectivity index (χ4n) is 6.09. The SMILES string of the molecule is CN1C2CC3CC(C2)CC(C3)C12C=Nc1c(ccc3ncccc13)O2. The zero-order valence-corrected chi connectivity index (χ0v) is 14.6. The number of hydrogen-bond acceptors (Lipinski definition) is 4. The van der Waals surface area contributed by atoms with Crippen LogP contribution in [-0.2, 0) is 0 Å². The van der Waals surface area contributed by atoms with Crippen molar-refractivity contribution >= 4 is 22.8 Å². The highest BCUT2D eigenvalue weighted by molar-refractivity contribution is 5.96. The summed E-state index contributed by atoms with van der Waals surface area (Å²) >= 11 is 0. The van der Waals surface area contributed by atoms with Crippen molar-refractivity contribution in [3.63, 3.8) is 0 Å². The Bertz CT molecular complexity index is 880. The van der Waals surface area contributed by atoms with E-state index in [9.17, 15) is 0 Å². The molecule has 7 rings (SSSR count). The van der Waals surface area contributed by atoms with Crippen molar-refractivity contribution in [3.8, 4) is 5.75 Å². The van der Waals surface area contributed by atoms with E-state index in [1.54, 1.807) is 0 Å². The minimum absolute atomic E-state index is 0.364. The number of rotatable bonds is 0. The molecule has 128 valence electrons. The zero-order valence-electron chi connectivity index (χ0n) is 14.6. The van der Waals surface area contributed by atoms with E-state index in [0.717, 1.165) is 34.2 Å². The molecule has 4 heteroatoms. The first kappa shape index (κ1) is 14.3. The van der Waals surface area contributed by atoms with Crippen LogP contribution in [-0.4, -0.2) is 34.9 Å². The Morgan fingerprint density at radius 2 is 1.92 bits per heavy atom. The number of hydrogen-bond donors (Lipinski definition) is 0. The van der Waals surface area contributed by atoms with Gasteiger partial charge in [0.2, 0.25) is 5.72 Å². The summed E-state index contributed by atoms with van der Waals surface area (Å²) in [5, 5.41) is 1.08. The molecule has 0 N–H and O–H groups in total. The Balaban J connectivity index is 1.50. The first-order chi connectivity index (χ1) is 12.2. The van der Waals surface area contributed by atoms with Gasteiger partial charge in [-0.25, -0.2) is 0 Å². The van der Waals surface area contributed by atoms with Crippen LogP contribution < -0.4 is 4.74 Å². The lowest BCUT2D eigenvalue weighted by atomic mass is 9.67. The molecular weight excluding hydrogens is 310 g/mol. The van der Waals surface area contributed by atoms with Gasteiger partial charge in [0.05, 0.1) is 11.7 Å². The largest absolute Gasteiger partial charge is 0.465 e. The topological polar surface area (TPSA) is 37.7 Å². The Morgan fingerprint density at radius 1 is 1.08 bits per heavy atom. The minimum Gasteiger partial charge on any atom is -0.465 e. The maximum atomic E-state index is 6.79. The third-order valence-electron chi connectivity index (χ3n) is 7.17. The first-order valence-electron chi connectivity index (χ1n) is 9.58. The van der Waals surface area contributed by atoms with Gasteiger partial charge in [-0.2, -0.15) is 0 Å². The van der Waals surface area contributed by atoms with Crippen LogP contribution in [0.1, 0.15) is 32.1 Å². The Kier molecular flexibility index (Phi) is 2.75. The average molecular weight is 333 g/mol. The number of aliphatic imine (C=N–C) groups is 1. The zero-order chi connectivity index (χ0) is 16.6. The van der Waals surface area contributed by atoms with Gasteiger partial charge in [-0.3, -0.25) is 14.9 Å². The van der Waals surface area contributed by atoms with E-state index < -0.39 is 0 Å². The Labute approximate surface area is 147 Å². The maximum absolute atomic E-state index is 6.79. The molecular formula is C21H23N3O. The quantitative estimate of drug-likeness (QED) is 0.726. The number of fused-ring (bicyclic) bond motifs is 3. The van der Waals surface area contributed by atoms with Gasteiger partial charge in [0.1, 0.15) is 11.4 Å². The molecule has 0 amide bonds. The number of benzene rings is 1. The molecule has 3 unspecified atom stereocenters. The van der Waals surface area contributed by atoms with Crippen molar-refractivity contribution < 1.29 is 4.74 Å². The second-order valence-corrected chi connectivity index (χ2v) is 8.47. The maximum Gasteiger partial charge on any atom is 0.202 e. The van der Waals surface area contributed by atoms with Crippen molar-refractivity contribution in [2.75, 3.05) is 7.05 Å². The Morgan fingerprint density at radius 3 is 2.76 bits per heavy atom. The molecule has 0 radical (unpaired) electrons. The summed E-state index contributed by atoms with van der Waals surface area (Å²) in [5.41, 5.74) is 1.55. The molecule has 2 aliphatic carbocycles. The smallest absolute Gasteiger partial charge is 0.202 e. The molecule has 4 fully saturated rings. The van der Waals surface area contributed by atoms with Gasteiger partial charge in [-0.15, -0.1) is 0 Å². The molecule has 4 nitrogen and oxygen atoms in total. The highest BCUT2D eigenvalue weighted by Gasteiger charge is 2.56. The molecule has 25 heavy (non-hydrogen) atoms. The van der Waals surface area contributed by atoms with Gasteiger partial charge in [0.25, 0.3) is 0 Å². The molecule has 1 aromatic carbocycles.